The van der Waals surface area contributed by atoms with E-state index < -0.39 is 10.0 Å². The first-order valence-electron chi connectivity index (χ1n) is 6.83. The Hall–Kier alpha value is -0.430. The maximum absolute atomic E-state index is 11.9. The van der Waals surface area contributed by atoms with Gasteiger partial charge >= 0.3 is 0 Å². The van der Waals surface area contributed by atoms with Crippen molar-refractivity contribution in [2.45, 2.75) is 30.4 Å². The Morgan fingerprint density at radius 3 is 2.79 bits per heavy atom. The molecule has 0 saturated carbocycles. The van der Waals surface area contributed by atoms with Crippen LogP contribution < -0.4 is 4.72 Å². The van der Waals surface area contributed by atoms with E-state index in [1.807, 2.05) is 0 Å². The van der Waals surface area contributed by atoms with Crippen LogP contribution >= 0.6 is 11.3 Å². The largest absolute Gasteiger partial charge is 0.303 e. The fourth-order valence-corrected chi connectivity index (χ4v) is 4.39. The molecule has 1 N–H and O–H groups in total. The molecule has 1 aliphatic heterocycles. The van der Waals surface area contributed by atoms with Crippen LogP contribution in [0.3, 0.4) is 0 Å². The fraction of sp³-hybridized carbons (Fsp3) is 0.692. The lowest BCUT2D eigenvalue weighted by atomic mass is 9.99. The van der Waals surface area contributed by atoms with E-state index in [1.54, 1.807) is 17.5 Å². The van der Waals surface area contributed by atoms with Crippen molar-refractivity contribution in [3.8, 4) is 0 Å². The summed E-state index contributed by atoms with van der Waals surface area (Å²) in [7, 11) is -3.28. The average Bonchev–Trinajstić information content (AvgIpc) is 2.91. The first kappa shape index (κ1) is 15.0. The third kappa shape index (κ3) is 4.56. The number of nitrogens with zero attached hydrogens (tertiary/aromatic N) is 1. The standard InChI is InChI=1S/C13H22N2O2S2/c1-12-5-9-15(10-6-12)8-3-7-14-19(16,17)13-4-2-11-18-13/h2,4,11-12,14H,3,5-10H2,1H3. The molecule has 0 spiro atoms. The highest BCUT2D eigenvalue weighted by Gasteiger charge is 2.16. The van der Waals surface area contributed by atoms with Gasteiger partial charge in [-0.1, -0.05) is 13.0 Å². The van der Waals surface area contributed by atoms with Gasteiger partial charge in [0.25, 0.3) is 0 Å². The molecule has 0 aromatic carbocycles. The average molecular weight is 302 g/mol. The van der Waals surface area contributed by atoms with Crippen LogP contribution in [0.4, 0.5) is 0 Å². The normalized spacial score (nSPS) is 18.8. The van der Waals surface area contributed by atoms with Gasteiger partial charge in [0.1, 0.15) is 4.21 Å². The van der Waals surface area contributed by atoms with Gasteiger partial charge in [-0.2, -0.15) is 0 Å². The smallest absolute Gasteiger partial charge is 0.250 e. The van der Waals surface area contributed by atoms with Crippen molar-refractivity contribution in [2.75, 3.05) is 26.2 Å². The summed E-state index contributed by atoms with van der Waals surface area (Å²) in [5.74, 6) is 0.841. The topological polar surface area (TPSA) is 49.4 Å². The van der Waals surface area contributed by atoms with E-state index in [0.29, 0.717) is 10.8 Å². The maximum Gasteiger partial charge on any atom is 0.250 e. The van der Waals surface area contributed by atoms with E-state index in [4.69, 9.17) is 0 Å². The molecule has 1 fully saturated rings. The molecule has 2 rings (SSSR count). The summed E-state index contributed by atoms with van der Waals surface area (Å²) in [5, 5.41) is 1.78. The highest BCUT2D eigenvalue weighted by molar-refractivity contribution is 7.91. The van der Waals surface area contributed by atoms with Crippen molar-refractivity contribution in [3.63, 3.8) is 0 Å². The molecular formula is C13H22N2O2S2. The molecule has 0 amide bonds. The number of hydrogen-bond acceptors (Lipinski definition) is 4. The van der Waals surface area contributed by atoms with Gasteiger partial charge in [0, 0.05) is 6.54 Å². The van der Waals surface area contributed by atoms with Crippen molar-refractivity contribution < 1.29 is 8.42 Å². The Morgan fingerprint density at radius 2 is 2.16 bits per heavy atom. The fourth-order valence-electron chi connectivity index (χ4n) is 2.28. The molecular weight excluding hydrogens is 280 g/mol. The van der Waals surface area contributed by atoms with E-state index >= 15 is 0 Å². The van der Waals surface area contributed by atoms with Gasteiger partial charge in [-0.05, 0) is 56.3 Å². The highest BCUT2D eigenvalue weighted by atomic mass is 32.2. The van der Waals surface area contributed by atoms with Gasteiger partial charge in [-0.25, -0.2) is 13.1 Å². The zero-order valence-corrected chi connectivity index (χ0v) is 13.0. The number of likely N-dealkylation sites (tertiary alicyclic amines) is 1. The summed E-state index contributed by atoms with van der Waals surface area (Å²) in [6.45, 7) is 6.11. The molecule has 0 radical (unpaired) electrons. The number of piperidine rings is 1. The Morgan fingerprint density at radius 1 is 1.42 bits per heavy atom. The van der Waals surface area contributed by atoms with Crippen LogP contribution in [-0.4, -0.2) is 39.5 Å². The molecule has 1 aromatic heterocycles. The lowest BCUT2D eigenvalue weighted by molar-refractivity contribution is 0.191. The molecule has 6 heteroatoms. The van der Waals surface area contributed by atoms with Crippen LogP contribution in [-0.2, 0) is 10.0 Å². The second kappa shape index (κ2) is 6.83. The van der Waals surface area contributed by atoms with Crippen molar-refractivity contribution in [1.29, 1.82) is 0 Å². The van der Waals surface area contributed by atoms with Gasteiger partial charge in [-0.15, -0.1) is 11.3 Å². The van der Waals surface area contributed by atoms with Gasteiger partial charge in [-0.3, -0.25) is 0 Å². The van der Waals surface area contributed by atoms with Crippen molar-refractivity contribution in [2.24, 2.45) is 5.92 Å². The third-order valence-electron chi connectivity index (χ3n) is 3.58. The van der Waals surface area contributed by atoms with Gasteiger partial charge in [0.05, 0.1) is 0 Å². The number of hydrogen-bond donors (Lipinski definition) is 1. The van der Waals surface area contributed by atoms with Crippen LogP contribution in [0.15, 0.2) is 21.7 Å². The lowest BCUT2D eigenvalue weighted by Gasteiger charge is -2.30. The molecule has 0 unspecified atom stereocenters. The van der Waals surface area contributed by atoms with Crippen molar-refractivity contribution >= 4 is 21.4 Å². The molecule has 0 bridgehead atoms. The minimum Gasteiger partial charge on any atom is -0.303 e. The Bertz CT molecular complexity index is 463. The Labute approximate surface area is 119 Å². The van der Waals surface area contributed by atoms with Gasteiger partial charge < -0.3 is 4.90 Å². The number of thiophene rings is 1. The van der Waals surface area contributed by atoms with E-state index in [1.165, 1.54) is 24.2 Å². The summed E-state index contributed by atoms with van der Waals surface area (Å²) in [6, 6.07) is 3.40. The summed E-state index contributed by atoms with van der Waals surface area (Å²) in [6.07, 6.45) is 3.40. The molecule has 1 saturated heterocycles. The Balaban J connectivity index is 1.67. The zero-order valence-electron chi connectivity index (χ0n) is 11.3. The molecule has 4 nitrogen and oxygen atoms in total. The summed E-state index contributed by atoms with van der Waals surface area (Å²) >= 11 is 1.26. The second-order valence-electron chi connectivity index (χ2n) is 5.21. The minimum absolute atomic E-state index is 0.402. The van der Waals surface area contributed by atoms with E-state index in [0.717, 1.165) is 32.0 Å². The van der Waals surface area contributed by atoms with Crippen molar-refractivity contribution in [1.82, 2.24) is 9.62 Å². The quantitative estimate of drug-likeness (QED) is 0.819. The van der Waals surface area contributed by atoms with E-state index in [2.05, 4.69) is 16.5 Å². The summed E-state index contributed by atoms with van der Waals surface area (Å²) in [4.78, 5) is 2.43. The number of rotatable bonds is 6. The van der Waals surface area contributed by atoms with E-state index in [-0.39, 0.29) is 0 Å². The number of nitrogens with one attached hydrogen (secondary N) is 1. The van der Waals surface area contributed by atoms with Crippen LogP contribution in [0.5, 0.6) is 0 Å². The van der Waals surface area contributed by atoms with Crippen molar-refractivity contribution in [3.05, 3.63) is 17.5 Å². The summed E-state index contributed by atoms with van der Waals surface area (Å²) in [5.41, 5.74) is 0. The molecule has 19 heavy (non-hydrogen) atoms. The SMILES string of the molecule is CC1CCN(CCCNS(=O)(=O)c2cccs2)CC1. The van der Waals surface area contributed by atoms with Gasteiger partial charge in [0.2, 0.25) is 10.0 Å². The predicted octanol–water partition coefficient (Wildman–Crippen LogP) is 2.15. The van der Waals surface area contributed by atoms with Gasteiger partial charge in [0.15, 0.2) is 0 Å². The van der Waals surface area contributed by atoms with Crippen LogP contribution in [0.25, 0.3) is 0 Å². The van der Waals surface area contributed by atoms with Crippen LogP contribution in [0.2, 0.25) is 0 Å². The summed E-state index contributed by atoms with van der Waals surface area (Å²) < 4.78 is 26.8. The molecule has 108 valence electrons. The lowest BCUT2D eigenvalue weighted by Crippen LogP contribution is -2.35. The monoisotopic (exact) mass is 302 g/mol. The molecule has 0 aliphatic carbocycles. The number of sulfonamides is 1. The van der Waals surface area contributed by atoms with Crippen LogP contribution in [0, 0.1) is 5.92 Å². The first-order chi connectivity index (χ1) is 9.08. The van der Waals surface area contributed by atoms with E-state index in [9.17, 15) is 8.42 Å². The third-order valence-corrected chi connectivity index (χ3v) is 6.44. The molecule has 1 aromatic rings. The zero-order chi connectivity index (χ0) is 13.7. The highest BCUT2D eigenvalue weighted by Crippen LogP contribution is 2.16. The Kier molecular flexibility index (Phi) is 5.38. The maximum atomic E-state index is 11.9. The first-order valence-corrected chi connectivity index (χ1v) is 9.20. The predicted molar refractivity (Wildman–Crippen MR) is 79.0 cm³/mol. The molecule has 0 atom stereocenters. The molecule has 2 heterocycles. The minimum atomic E-state index is -3.28. The molecule has 1 aliphatic rings. The second-order valence-corrected chi connectivity index (χ2v) is 8.15. The van der Waals surface area contributed by atoms with Crippen LogP contribution in [0.1, 0.15) is 26.2 Å².